The summed E-state index contributed by atoms with van der Waals surface area (Å²) in [6, 6.07) is 0. The Hall–Kier alpha value is 0.230. The number of carbonyl (C=O) groups is 1. The summed E-state index contributed by atoms with van der Waals surface area (Å²) in [7, 11) is 0. The molecular formula is C9H17N2NaO2. The molecule has 1 unspecified atom stereocenters. The summed E-state index contributed by atoms with van der Waals surface area (Å²) in [6.07, 6.45) is -0.181. The molecule has 14 heavy (non-hydrogen) atoms. The van der Waals surface area contributed by atoms with Crippen molar-refractivity contribution in [1.29, 1.82) is 0 Å². The van der Waals surface area contributed by atoms with Crippen molar-refractivity contribution in [3.63, 3.8) is 0 Å². The third-order valence-electron chi connectivity index (χ3n) is 2.02. The predicted octanol–water partition coefficient (Wildman–Crippen LogP) is 0.321. The third-order valence-corrected chi connectivity index (χ3v) is 2.79. The molecule has 0 spiro atoms. The van der Waals surface area contributed by atoms with Gasteiger partial charge in [0.25, 0.3) is 0 Å². The molecule has 1 atom stereocenters. The van der Waals surface area contributed by atoms with Crippen LogP contribution >= 0.6 is 0 Å². The number of amides is 1. The summed E-state index contributed by atoms with van der Waals surface area (Å²) >= 11 is 1.07. The predicted molar refractivity (Wildman–Crippen MR) is 55.4 cm³/mol. The standard InChI is InChI=1S/C9H17N2O2.Na/c1-9(2,3)13-8(12)11-6-4-10-5-7-11;/h4,10H,5-7H2,1-3H3;. The molecule has 1 amide bonds. The number of nitrogens with zero attached hydrogens (tertiary/aromatic N) is 1. The SMILES string of the molecule is CC(C)(C)OC(=O)N1CCN[CH]([Na])C1. The number of hydrogen-bond donors (Lipinski definition) is 1. The number of rotatable bonds is 0. The van der Waals surface area contributed by atoms with Crippen molar-refractivity contribution in [1.82, 2.24) is 10.2 Å². The van der Waals surface area contributed by atoms with Crippen LogP contribution in [0, 0.1) is 0 Å². The second-order valence-corrected chi connectivity index (χ2v) is 6.18. The Bertz CT molecular complexity index is 215. The van der Waals surface area contributed by atoms with E-state index in [9.17, 15) is 4.79 Å². The molecule has 0 aromatic carbocycles. The Morgan fingerprint density at radius 1 is 1.57 bits per heavy atom. The second-order valence-electron chi connectivity index (χ2n) is 4.78. The van der Waals surface area contributed by atoms with Crippen LogP contribution in [0.3, 0.4) is 0 Å². The molecule has 0 aromatic rings. The van der Waals surface area contributed by atoms with Gasteiger partial charge in [-0.1, -0.05) is 0 Å². The zero-order chi connectivity index (χ0) is 10.8. The Kier molecular flexibility index (Phi) is 4.25. The summed E-state index contributed by atoms with van der Waals surface area (Å²) in [5.74, 6) is 0. The summed E-state index contributed by atoms with van der Waals surface area (Å²) < 4.78 is 5.80. The van der Waals surface area contributed by atoms with E-state index in [1.807, 2.05) is 20.8 Å². The van der Waals surface area contributed by atoms with Crippen LogP contribution in [0.5, 0.6) is 0 Å². The Morgan fingerprint density at radius 2 is 2.21 bits per heavy atom. The molecule has 0 aliphatic carbocycles. The average Bonchev–Trinajstić information content (AvgIpc) is 2.01. The van der Waals surface area contributed by atoms with Crippen molar-refractivity contribution in [2.75, 3.05) is 19.6 Å². The fourth-order valence-electron chi connectivity index (χ4n) is 1.42. The van der Waals surface area contributed by atoms with E-state index in [2.05, 4.69) is 5.32 Å². The van der Waals surface area contributed by atoms with Crippen LogP contribution in [-0.2, 0) is 4.74 Å². The molecule has 0 aromatic heterocycles. The summed E-state index contributed by atoms with van der Waals surface area (Å²) in [5, 5.41) is 3.34. The van der Waals surface area contributed by atoms with E-state index in [-0.39, 0.29) is 11.7 Å². The van der Waals surface area contributed by atoms with Crippen LogP contribution in [0.2, 0.25) is 0 Å². The topological polar surface area (TPSA) is 41.6 Å². The molecule has 1 saturated heterocycles. The van der Waals surface area contributed by atoms with E-state index in [4.69, 9.17) is 4.74 Å². The molecule has 0 radical (unpaired) electrons. The van der Waals surface area contributed by atoms with Crippen molar-refractivity contribution in [2.24, 2.45) is 0 Å². The first-order valence-electron chi connectivity index (χ1n) is 5.10. The number of nitrogens with one attached hydrogen (secondary N) is 1. The van der Waals surface area contributed by atoms with E-state index in [1.165, 1.54) is 0 Å². The average molecular weight is 208 g/mol. The quantitative estimate of drug-likeness (QED) is 0.583. The number of ether oxygens (including phenoxy) is 1. The van der Waals surface area contributed by atoms with Crippen LogP contribution in [0.4, 0.5) is 4.79 Å². The van der Waals surface area contributed by atoms with E-state index in [1.54, 1.807) is 4.90 Å². The van der Waals surface area contributed by atoms with Crippen molar-refractivity contribution in [2.45, 2.75) is 29.7 Å². The van der Waals surface area contributed by atoms with Crippen molar-refractivity contribution < 1.29 is 9.53 Å². The minimum atomic E-state index is -0.386. The van der Waals surface area contributed by atoms with Crippen LogP contribution in [0.15, 0.2) is 0 Å². The monoisotopic (exact) mass is 208 g/mol. The van der Waals surface area contributed by atoms with Gasteiger partial charge in [0, 0.05) is 0 Å². The van der Waals surface area contributed by atoms with Gasteiger partial charge in [-0.2, -0.15) is 0 Å². The van der Waals surface area contributed by atoms with Gasteiger partial charge in [-0.15, -0.1) is 0 Å². The molecule has 1 aliphatic heterocycles. The minimum absolute atomic E-state index is 0.181. The van der Waals surface area contributed by atoms with Crippen LogP contribution in [0.25, 0.3) is 0 Å². The van der Waals surface area contributed by atoms with Crippen LogP contribution in [-0.4, -0.2) is 67.5 Å². The third kappa shape index (κ3) is 4.17. The number of hydrogen-bond acceptors (Lipinski definition) is 3. The normalized spacial score (nSPS) is 23.5. The van der Waals surface area contributed by atoms with Gasteiger partial charge in [0.1, 0.15) is 0 Å². The van der Waals surface area contributed by atoms with Gasteiger partial charge in [0.2, 0.25) is 0 Å². The molecule has 1 rings (SSSR count). The second kappa shape index (κ2) is 4.84. The van der Waals surface area contributed by atoms with Gasteiger partial charge in [-0.25, -0.2) is 0 Å². The van der Waals surface area contributed by atoms with Crippen molar-refractivity contribution in [3.05, 3.63) is 0 Å². The summed E-state index contributed by atoms with van der Waals surface area (Å²) in [4.78, 5) is 13.4. The molecule has 4 nitrogen and oxygen atoms in total. The Labute approximate surface area is 103 Å². The molecule has 1 aliphatic rings. The van der Waals surface area contributed by atoms with Gasteiger partial charge in [-0.3, -0.25) is 0 Å². The fraction of sp³-hybridized carbons (Fsp3) is 0.889. The molecule has 1 heterocycles. The molecule has 0 saturated carbocycles. The number of carbonyl (C=O) groups excluding carboxylic acids is 1. The molecular weight excluding hydrogens is 191 g/mol. The molecule has 1 N–H and O–H groups in total. The maximum absolute atomic E-state index is 11.7. The maximum atomic E-state index is 11.7. The van der Waals surface area contributed by atoms with E-state index < -0.39 is 0 Å². The van der Waals surface area contributed by atoms with Crippen molar-refractivity contribution in [3.8, 4) is 0 Å². The molecule has 0 bridgehead atoms. The van der Waals surface area contributed by atoms with E-state index in [0.29, 0.717) is 3.29 Å². The molecule has 5 heteroatoms. The zero-order valence-corrected chi connectivity index (χ0v) is 11.5. The first-order chi connectivity index (χ1) is 6.38. The van der Waals surface area contributed by atoms with Crippen LogP contribution in [0.1, 0.15) is 20.8 Å². The fourth-order valence-corrected chi connectivity index (χ4v) is 2.15. The van der Waals surface area contributed by atoms with Crippen molar-refractivity contribution >= 4 is 34.0 Å². The van der Waals surface area contributed by atoms with Gasteiger partial charge < -0.3 is 0 Å². The van der Waals surface area contributed by atoms with E-state index >= 15 is 0 Å². The number of piperazine rings is 1. The van der Waals surface area contributed by atoms with Crippen LogP contribution < -0.4 is 5.32 Å². The Balaban J connectivity index is 2.44. The summed E-state index contributed by atoms with van der Waals surface area (Å²) in [6.45, 7) is 8.12. The summed E-state index contributed by atoms with van der Waals surface area (Å²) in [5.41, 5.74) is -0.386. The van der Waals surface area contributed by atoms with Gasteiger partial charge >= 0.3 is 103 Å². The molecule has 76 valence electrons. The first kappa shape index (κ1) is 12.3. The zero-order valence-electron chi connectivity index (χ0n) is 9.46. The first-order valence-corrected chi connectivity index (χ1v) is 6.25. The van der Waals surface area contributed by atoms with E-state index in [0.717, 1.165) is 47.6 Å². The Morgan fingerprint density at radius 3 is 2.71 bits per heavy atom. The molecule has 1 fully saturated rings. The van der Waals surface area contributed by atoms with Gasteiger partial charge in [-0.05, 0) is 0 Å². The van der Waals surface area contributed by atoms with Gasteiger partial charge in [0.15, 0.2) is 0 Å². The van der Waals surface area contributed by atoms with Gasteiger partial charge in [0.05, 0.1) is 0 Å².